The van der Waals surface area contributed by atoms with Crippen molar-refractivity contribution in [3.05, 3.63) is 59.2 Å². The van der Waals surface area contributed by atoms with Crippen LogP contribution in [0.4, 0.5) is 8.78 Å². The number of benzene rings is 2. The van der Waals surface area contributed by atoms with E-state index in [1.165, 1.54) is 12.1 Å². The van der Waals surface area contributed by atoms with Crippen LogP contribution in [0.5, 0.6) is 11.5 Å². The van der Waals surface area contributed by atoms with Crippen molar-refractivity contribution in [1.29, 1.82) is 0 Å². The number of hydrogen-bond acceptors (Lipinski definition) is 4. The summed E-state index contributed by atoms with van der Waals surface area (Å²) in [7, 11) is 3.14. The molecule has 2 aromatic rings. The quantitative estimate of drug-likeness (QED) is 0.804. The van der Waals surface area contributed by atoms with Crippen LogP contribution >= 0.6 is 0 Å². The fourth-order valence-electron chi connectivity index (χ4n) is 2.54. The molecular formula is C18H21F2NO3. The van der Waals surface area contributed by atoms with Gasteiger partial charge in [0.1, 0.15) is 23.1 Å². The molecule has 0 spiro atoms. The van der Waals surface area contributed by atoms with Crippen molar-refractivity contribution in [2.24, 2.45) is 0 Å². The smallest absolute Gasteiger partial charge is 0.127 e. The highest BCUT2D eigenvalue weighted by Gasteiger charge is 2.12. The average Bonchev–Trinajstić information content (AvgIpc) is 2.54. The van der Waals surface area contributed by atoms with Crippen molar-refractivity contribution in [2.75, 3.05) is 27.4 Å². The fourth-order valence-corrected chi connectivity index (χ4v) is 2.54. The summed E-state index contributed by atoms with van der Waals surface area (Å²) in [5.74, 6) is 0.103. The predicted molar refractivity (Wildman–Crippen MR) is 87.1 cm³/mol. The number of methoxy groups -OCH3 is 2. The molecular weight excluding hydrogens is 316 g/mol. The van der Waals surface area contributed by atoms with Crippen LogP contribution in [0.25, 0.3) is 0 Å². The normalized spacial score (nSPS) is 10.9. The van der Waals surface area contributed by atoms with E-state index in [1.54, 1.807) is 20.3 Å². The van der Waals surface area contributed by atoms with E-state index >= 15 is 0 Å². The van der Waals surface area contributed by atoms with Crippen molar-refractivity contribution in [3.63, 3.8) is 0 Å². The summed E-state index contributed by atoms with van der Waals surface area (Å²) in [6.07, 6.45) is 0. The lowest BCUT2D eigenvalue weighted by atomic mass is 10.1. The third kappa shape index (κ3) is 4.91. The Hall–Kier alpha value is -2.18. The third-order valence-electron chi connectivity index (χ3n) is 3.63. The first kappa shape index (κ1) is 18.2. The van der Waals surface area contributed by atoms with E-state index in [1.807, 2.05) is 17.0 Å². The highest BCUT2D eigenvalue weighted by Crippen LogP contribution is 2.26. The molecule has 0 saturated heterocycles. The molecule has 2 aromatic carbocycles. The highest BCUT2D eigenvalue weighted by atomic mass is 19.1. The summed E-state index contributed by atoms with van der Waals surface area (Å²) < 4.78 is 37.2. The Morgan fingerprint density at radius 1 is 0.958 bits per heavy atom. The molecule has 0 bridgehead atoms. The fraction of sp³-hybridized carbons (Fsp3) is 0.333. The minimum Gasteiger partial charge on any atom is -0.497 e. The minimum atomic E-state index is -0.615. The standard InChI is InChI=1S/C18H21F2NO3/c1-23-17-4-3-14(18(10-17)24-2)12-21(5-6-22)11-13-7-15(19)9-16(20)8-13/h3-4,7-10,22H,5-6,11-12H2,1-2H3. The summed E-state index contributed by atoms with van der Waals surface area (Å²) in [5, 5.41) is 9.27. The molecule has 0 atom stereocenters. The van der Waals surface area contributed by atoms with Gasteiger partial charge in [-0.1, -0.05) is 6.07 Å². The van der Waals surface area contributed by atoms with Crippen LogP contribution in [0.3, 0.4) is 0 Å². The molecule has 2 rings (SSSR count). The number of hydrogen-bond donors (Lipinski definition) is 1. The van der Waals surface area contributed by atoms with Gasteiger partial charge in [0, 0.05) is 37.3 Å². The number of aliphatic hydroxyl groups excluding tert-OH is 1. The zero-order valence-corrected chi connectivity index (χ0v) is 13.8. The molecule has 0 aliphatic heterocycles. The van der Waals surface area contributed by atoms with Gasteiger partial charge in [-0.25, -0.2) is 8.78 Å². The van der Waals surface area contributed by atoms with Crippen molar-refractivity contribution in [2.45, 2.75) is 13.1 Å². The highest BCUT2D eigenvalue weighted by molar-refractivity contribution is 5.40. The van der Waals surface area contributed by atoms with Gasteiger partial charge in [0.2, 0.25) is 0 Å². The SMILES string of the molecule is COc1ccc(CN(CCO)Cc2cc(F)cc(F)c2)c(OC)c1. The third-order valence-corrected chi connectivity index (χ3v) is 3.63. The Kier molecular flexibility index (Phi) is 6.52. The second-order valence-electron chi connectivity index (χ2n) is 5.39. The van der Waals surface area contributed by atoms with Gasteiger partial charge >= 0.3 is 0 Å². The van der Waals surface area contributed by atoms with Gasteiger partial charge in [-0.2, -0.15) is 0 Å². The van der Waals surface area contributed by atoms with Crippen LogP contribution in [0.1, 0.15) is 11.1 Å². The molecule has 0 saturated carbocycles. The molecule has 0 amide bonds. The molecule has 0 fully saturated rings. The lowest BCUT2D eigenvalue weighted by Gasteiger charge is -2.23. The Labute approximate surface area is 140 Å². The van der Waals surface area contributed by atoms with E-state index < -0.39 is 11.6 Å². The Balaban J connectivity index is 2.19. The van der Waals surface area contributed by atoms with Gasteiger partial charge in [-0.15, -0.1) is 0 Å². The van der Waals surface area contributed by atoms with E-state index in [0.29, 0.717) is 36.7 Å². The summed E-state index contributed by atoms with van der Waals surface area (Å²) in [4.78, 5) is 1.89. The van der Waals surface area contributed by atoms with Crippen LogP contribution in [-0.4, -0.2) is 37.4 Å². The minimum absolute atomic E-state index is 0.0593. The van der Waals surface area contributed by atoms with Crippen LogP contribution in [0, 0.1) is 11.6 Å². The summed E-state index contributed by atoms with van der Waals surface area (Å²) in [6, 6.07) is 8.88. The molecule has 6 heteroatoms. The van der Waals surface area contributed by atoms with Gasteiger partial charge < -0.3 is 14.6 Å². The molecule has 130 valence electrons. The van der Waals surface area contributed by atoms with Crippen LogP contribution in [0.2, 0.25) is 0 Å². The maximum Gasteiger partial charge on any atom is 0.127 e. The van der Waals surface area contributed by atoms with Gasteiger partial charge in [0.25, 0.3) is 0 Å². The zero-order chi connectivity index (χ0) is 17.5. The van der Waals surface area contributed by atoms with E-state index in [-0.39, 0.29) is 6.61 Å². The van der Waals surface area contributed by atoms with Crippen LogP contribution in [0.15, 0.2) is 36.4 Å². The average molecular weight is 337 g/mol. The molecule has 0 heterocycles. The monoisotopic (exact) mass is 337 g/mol. The summed E-state index contributed by atoms with van der Waals surface area (Å²) in [5.41, 5.74) is 1.40. The molecule has 0 unspecified atom stereocenters. The molecule has 0 aliphatic rings. The Morgan fingerprint density at radius 3 is 2.25 bits per heavy atom. The number of halogens is 2. The summed E-state index contributed by atoms with van der Waals surface area (Å²) >= 11 is 0. The van der Waals surface area contributed by atoms with E-state index in [0.717, 1.165) is 11.6 Å². The Bertz CT molecular complexity index is 659. The van der Waals surface area contributed by atoms with Crippen molar-refractivity contribution >= 4 is 0 Å². The van der Waals surface area contributed by atoms with Crippen molar-refractivity contribution in [1.82, 2.24) is 4.90 Å². The first-order valence-electron chi connectivity index (χ1n) is 7.54. The second-order valence-corrected chi connectivity index (χ2v) is 5.39. The van der Waals surface area contributed by atoms with E-state index in [9.17, 15) is 13.9 Å². The maximum absolute atomic E-state index is 13.4. The molecule has 0 aromatic heterocycles. The first-order chi connectivity index (χ1) is 11.5. The van der Waals surface area contributed by atoms with Crippen LogP contribution < -0.4 is 9.47 Å². The lowest BCUT2D eigenvalue weighted by molar-refractivity contribution is 0.182. The molecule has 4 nitrogen and oxygen atoms in total. The predicted octanol–water partition coefficient (Wildman–Crippen LogP) is 2.98. The lowest BCUT2D eigenvalue weighted by Crippen LogP contribution is -2.26. The van der Waals surface area contributed by atoms with Gasteiger partial charge in [-0.3, -0.25) is 4.90 Å². The van der Waals surface area contributed by atoms with Crippen molar-refractivity contribution in [3.8, 4) is 11.5 Å². The molecule has 0 radical (unpaired) electrons. The molecule has 0 aliphatic carbocycles. The zero-order valence-electron chi connectivity index (χ0n) is 13.8. The topological polar surface area (TPSA) is 41.9 Å². The maximum atomic E-state index is 13.4. The Morgan fingerprint density at radius 2 is 1.67 bits per heavy atom. The van der Waals surface area contributed by atoms with Gasteiger partial charge in [0.15, 0.2) is 0 Å². The van der Waals surface area contributed by atoms with Crippen molar-refractivity contribution < 1.29 is 23.4 Å². The number of rotatable bonds is 8. The van der Waals surface area contributed by atoms with Gasteiger partial charge in [0.05, 0.1) is 20.8 Å². The number of nitrogens with zero attached hydrogens (tertiary/aromatic N) is 1. The second kappa shape index (κ2) is 8.61. The molecule has 24 heavy (non-hydrogen) atoms. The largest absolute Gasteiger partial charge is 0.497 e. The van der Waals surface area contributed by atoms with E-state index in [4.69, 9.17) is 9.47 Å². The van der Waals surface area contributed by atoms with Crippen LogP contribution in [-0.2, 0) is 13.1 Å². The number of aliphatic hydroxyl groups is 1. The number of ether oxygens (including phenoxy) is 2. The van der Waals surface area contributed by atoms with Gasteiger partial charge in [-0.05, 0) is 23.8 Å². The molecule has 1 N–H and O–H groups in total. The van der Waals surface area contributed by atoms with E-state index in [2.05, 4.69) is 0 Å². The first-order valence-corrected chi connectivity index (χ1v) is 7.54. The summed E-state index contributed by atoms with van der Waals surface area (Å²) in [6.45, 7) is 1.08.